The molecule has 0 saturated heterocycles. The van der Waals surface area contributed by atoms with E-state index in [0.29, 0.717) is 0 Å². The summed E-state index contributed by atoms with van der Waals surface area (Å²) in [6.45, 7) is -0.307. The molecule has 0 unspecified atom stereocenters. The Morgan fingerprint density at radius 3 is 1.62 bits per heavy atom. The molecule has 246 valence electrons. The molecule has 2 aromatic heterocycles. The first-order chi connectivity index (χ1) is 26.3. The fourth-order valence-electron chi connectivity index (χ4n) is 8.90. The monoisotopic (exact) mass is 676 g/mol. The second-order valence-electron chi connectivity index (χ2n) is 14.0. The van der Waals surface area contributed by atoms with Gasteiger partial charge in [0.05, 0.1) is 27.8 Å². The second-order valence-corrected chi connectivity index (χ2v) is 14.0. The first kappa shape index (κ1) is 28.7. The van der Waals surface area contributed by atoms with Gasteiger partial charge in [-0.1, -0.05) is 115 Å². The average Bonchev–Trinajstić information content (AvgIpc) is 3.74. The Kier molecular flexibility index (Phi) is 5.83. The van der Waals surface area contributed by atoms with Crippen molar-refractivity contribution < 1.29 is 9.39 Å². The lowest BCUT2D eigenvalue weighted by Crippen LogP contribution is -2.53. The van der Waals surface area contributed by atoms with Crippen LogP contribution in [0.4, 0.5) is 0 Å². The van der Waals surface area contributed by atoms with E-state index in [1.165, 1.54) is 32.6 Å². The van der Waals surface area contributed by atoms with E-state index in [1.54, 1.807) is 0 Å². The lowest BCUT2D eigenvalue weighted by atomic mass is 9.50. The highest BCUT2D eigenvalue weighted by atomic mass is 16.5. The number of nitrogens with zero attached hydrogens (tertiary/aromatic N) is 2. The maximum absolute atomic E-state index is 7.13. The van der Waals surface area contributed by atoms with Crippen molar-refractivity contribution in [3.63, 3.8) is 0 Å². The summed E-state index contributed by atoms with van der Waals surface area (Å²) in [6, 6.07) is 62.8. The molecule has 0 aliphatic carbocycles. The number of ether oxygens (including phenoxy) is 1. The van der Waals surface area contributed by atoms with Gasteiger partial charge in [-0.05, 0) is 77.4 Å². The van der Waals surface area contributed by atoms with Crippen LogP contribution in [-0.4, -0.2) is 16.0 Å². The van der Waals surface area contributed by atoms with E-state index in [-0.39, 0.29) is 6.92 Å². The van der Waals surface area contributed by atoms with Crippen molar-refractivity contribution in [3.8, 4) is 50.9 Å². The smallest absolute Gasteiger partial charge is 0.434 e. The van der Waals surface area contributed by atoms with Crippen LogP contribution in [0.5, 0.6) is 17.2 Å². The Labute approximate surface area is 305 Å². The summed E-state index contributed by atoms with van der Waals surface area (Å²) in [5, 5.41) is 4.95. The average molecular weight is 677 g/mol. The van der Waals surface area contributed by atoms with Crippen LogP contribution in [0.2, 0.25) is 0 Å². The molecule has 0 spiro atoms. The van der Waals surface area contributed by atoms with Crippen molar-refractivity contribution in [2.45, 2.75) is 0 Å². The number of fused-ring (bicyclic) bond motifs is 10. The zero-order valence-corrected chi connectivity index (χ0v) is 28.5. The van der Waals surface area contributed by atoms with Crippen LogP contribution in [0.1, 0.15) is 0 Å². The van der Waals surface area contributed by atoms with E-state index in [2.05, 4.69) is 185 Å². The minimum atomic E-state index is -0.307. The summed E-state index contributed by atoms with van der Waals surface area (Å²) < 4.78 is 18.7. The normalized spacial score (nSPS) is 12.8. The zero-order chi connectivity index (χ0) is 34.6. The minimum absolute atomic E-state index is 0.307. The van der Waals surface area contributed by atoms with Crippen LogP contribution in [0.3, 0.4) is 0 Å². The molecule has 0 amide bonds. The molecule has 10 aromatic rings. The fraction of sp³-hybridized carbons (Fsp3) is 0. The molecular weight excluding hydrogens is 647 g/mol. The molecule has 4 nitrogen and oxygen atoms in total. The first-order valence-electron chi connectivity index (χ1n) is 18.1. The number of benzene rings is 8. The van der Waals surface area contributed by atoms with Crippen molar-refractivity contribution in [1.82, 2.24) is 9.13 Å². The van der Waals surface area contributed by atoms with E-state index in [1.807, 2.05) is 0 Å². The third-order valence-corrected chi connectivity index (χ3v) is 11.2. The Balaban J connectivity index is 1.04. The van der Waals surface area contributed by atoms with Gasteiger partial charge in [0.1, 0.15) is 17.2 Å². The molecule has 2 aliphatic heterocycles. The van der Waals surface area contributed by atoms with Crippen LogP contribution in [0.15, 0.2) is 176 Å². The number of rotatable bonds is 3. The summed E-state index contributed by atoms with van der Waals surface area (Å²) in [5.41, 5.74) is 13.4. The molecule has 4 heterocycles. The predicted octanol–water partition coefficient (Wildman–Crippen LogP) is 10.8. The number of aromatic nitrogens is 2. The molecule has 0 bridgehead atoms. The summed E-state index contributed by atoms with van der Waals surface area (Å²) in [6.07, 6.45) is 0. The van der Waals surface area contributed by atoms with E-state index < -0.39 is 0 Å². The lowest BCUT2D eigenvalue weighted by Gasteiger charge is -2.34. The SMILES string of the molecule is c1ccc2c(c1)OB1c3cccc(-n4c5ccccc5c5ccccc54)c3Oc3cc(-c4ccc(-n5c6ccccc6c6ccccc65)cc4)cc-2c31. The Morgan fingerprint density at radius 2 is 0.981 bits per heavy atom. The zero-order valence-electron chi connectivity index (χ0n) is 28.5. The van der Waals surface area contributed by atoms with Gasteiger partial charge in [0, 0.05) is 43.7 Å². The fourth-order valence-corrected chi connectivity index (χ4v) is 8.90. The quantitative estimate of drug-likeness (QED) is 0.174. The maximum atomic E-state index is 7.13. The van der Waals surface area contributed by atoms with Gasteiger partial charge < -0.3 is 18.5 Å². The first-order valence-corrected chi connectivity index (χ1v) is 18.1. The van der Waals surface area contributed by atoms with Gasteiger partial charge >= 0.3 is 6.92 Å². The van der Waals surface area contributed by atoms with Gasteiger partial charge in [0.15, 0.2) is 0 Å². The van der Waals surface area contributed by atoms with E-state index >= 15 is 0 Å². The van der Waals surface area contributed by atoms with Crippen LogP contribution >= 0.6 is 0 Å². The van der Waals surface area contributed by atoms with E-state index in [9.17, 15) is 0 Å². The van der Waals surface area contributed by atoms with Crippen LogP contribution < -0.4 is 20.3 Å². The van der Waals surface area contributed by atoms with Crippen molar-refractivity contribution in [2.75, 3.05) is 0 Å². The highest BCUT2D eigenvalue weighted by molar-refractivity contribution is 6.84. The third-order valence-electron chi connectivity index (χ3n) is 11.2. The topological polar surface area (TPSA) is 28.3 Å². The van der Waals surface area contributed by atoms with Gasteiger partial charge in [-0.3, -0.25) is 0 Å². The van der Waals surface area contributed by atoms with Crippen molar-refractivity contribution >= 4 is 61.5 Å². The standard InChI is InChI=1S/C48H29BN2O2/c1-6-18-40-33(12-1)34-13-2-7-19-41(34)50(40)32-26-24-30(25-27-32)31-28-38-37-16-5-10-23-45(37)53-49-39-17-11-22-44(48(39)52-46(29-31)47(38)49)51-42-20-8-3-14-35(42)36-15-4-9-21-43(36)51/h1-29H. The summed E-state index contributed by atoms with van der Waals surface area (Å²) >= 11 is 0. The van der Waals surface area contributed by atoms with Gasteiger partial charge in [-0.2, -0.15) is 0 Å². The molecule has 0 fully saturated rings. The summed E-state index contributed by atoms with van der Waals surface area (Å²) in [7, 11) is 0. The van der Waals surface area contributed by atoms with Crippen LogP contribution in [0, 0.1) is 0 Å². The molecule has 2 aliphatic rings. The molecule has 8 aromatic carbocycles. The van der Waals surface area contributed by atoms with Crippen LogP contribution in [0.25, 0.3) is 77.2 Å². The van der Waals surface area contributed by atoms with Crippen LogP contribution in [-0.2, 0) is 0 Å². The predicted molar refractivity (Wildman–Crippen MR) is 218 cm³/mol. The van der Waals surface area contributed by atoms with E-state index in [0.717, 1.165) is 72.8 Å². The van der Waals surface area contributed by atoms with Gasteiger partial charge in [-0.25, -0.2) is 0 Å². The minimum Gasteiger partial charge on any atom is -0.551 e. The van der Waals surface area contributed by atoms with Gasteiger partial charge in [0.25, 0.3) is 0 Å². The lowest BCUT2D eigenvalue weighted by molar-refractivity contribution is 0.478. The number of hydrogen-bond acceptors (Lipinski definition) is 2. The number of hydrogen-bond donors (Lipinski definition) is 0. The molecule has 53 heavy (non-hydrogen) atoms. The number of para-hydroxylation sites is 6. The molecule has 0 radical (unpaired) electrons. The van der Waals surface area contributed by atoms with E-state index in [4.69, 9.17) is 9.39 Å². The third kappa shape index (κ3) is 4.02. The Hall–Kier alpha value is -6.98. The molecule has 12 rings (SSSR count). The Morgan fingerprint density at radius 1 is 0.415 bits per heavy atom. The van der Waals surface area contributed by atoms with Crippen molar-refractivity contribution in [2.24, 2.45) is 0 Å². The summed E-state index contributed by atoms with van der Waals surface area (Å²) in [5.74, 6) is 2.52. The second kappa shape index (κ2) is 10.8. The molecular formula is C48H29BN2O2. The van der Waals surface area contributed by atoms with Gasteiger partial charge in [0.2, 0.25) is 0 Å². The largest absolute Gasteiger partial charge is 0.551 e. The highest BCUT2D eigenvalue weighted by Gasteiger charge is 2.42. The van der Waals surface area contributed by atoms with Crippen molar-refractivity contribution in [3.05, 3.63) is 176 Å². The molecule has 0 saturated carbocycles. The maximum Gasteiger partial charge on any atom is 0.434 e. The van der Waals surface area contributed by atoms with Gasteiger partial charge in [-0.15, -0.1) is 0 Å². The summed E-state index contributed by atoms with van der Waals surface area (Å²) in [4.78, 5) is 0. The highest BCUT2D eigenvalue weighted by Crippen LogP contribution is 2.44. The molecule has 0 atom stereocenters. The van der Waals surface area contributed by atoms with Crippen molar-refractivity contribution in [1.29, 1.82) is 0 Å². The molecule has 5 heteroatoms. The molecule has 0 N–H and O–H groups in total. The Bertz CT molecular complexity index is 3030.